The summed E-state index contributed by atoms with van der Waals surface area (Å²) >= 11 is 0. The van der Waals surface area contributed by atoms with E-state index in [1.54, 1.807) is 0 Å². The van der Waals surface area contributed by atoms with Gasteiger partial charge >= 0.3 is 6.18 Å². The second kappa shape index (κ2) is 4.82. The van der Waals surface area contributed by atoms with Gasteiger partial charge in [-0.3, -0.25) is 0 Å². The SMILES string of the molecule is CC(C)c1ccc(C(F)(F)F)cc1OCC1CC1. The van der Waals surface area contributed by atoms with E-state index in [0.717, 1.165) is 30.5 Å². The molecule has 0 unspecified atom stereocenters. The van der Waals surface area contributed by atoms with Crippen LogP contribution in [0.4, 0.5) is 13.2 Å². The fraction of sp³-hybridized carbons (Fsp3) is 0.571. The highest BCUT2D eigenvalue weighted by Crippen LogP contribution is 2.37. The van der Waals surface area contributed by atoms with Crippen molar-refractivity contribution in [3.05, 3.63) is 29.3 Å². The van der Waals surface area contributed by atoms with E-state index in [4.69, 9.17) is 4.74 Å². The maximum Gasteiger partial charge on any atom is 0.416 e. The largest absolute Gasteiger partial charge is 0.493 e. The molecule has 1 saturated carbocycles. The Balaban J connectivity index is 2.24. The second-order valence-corrected chi connectivity index (χ2v) is 5.16. The number of benzene rings is 1. The first kappa shape index (κ1) is 13.2. The topological polar surface area (TPSA) is 9.23 Å². The van der Waals surface area contributed by atoms with Gasteiger partial charge in [-0.15, -0.1) is 0 Å². The van der Waals surface area contributed by atoms with Crippen LogP contribution in [0.2, 0.25) is 0 Å². The maximum absolute atomic E-state index is 12.7. The lowest BCUT2D eigenvalue weighted by molar-refractivity contribution is -0.137. The molecule has 0 aliphatic heterocycles. The monoisotopic (exact) mass is 258 g/mol. The lowest BCUT2D eigenvalue weighted by Gasteiger charge is -2.16. The Morgan fingerprint density at radius 1 is 1.28 bits per heavy atom. The second-order valence-electron chi connectivity index (χ2n) is 5.16. The van der Waals surface area contributed by atoms with Crippen molar-refractivity contribution in [1.29, 1.82) is 0 Å². The third kappa shape index (κ3) is 3.18. The quantitative estimate of drug-likeness (QED) is 0.765. The lowest BCUT2D eigenvalue weighted by atomic mass is 10.00. The molecule has 4 heteroatoms. The Hall–Kier alpha value is -1.19. The average Bonchev–Trinajstić information content (AvgIpc) is 3.08. The van der Waals surface area contributed by atoms with Crippen LogP contribution < -0.4 is 4.74 Å². The summed E-state index contributed by atoms with van der Waals surface area (Å²) in [5, 5.41) is 0. The zero-order valence-electron chi connectivity index (χ0n) is 10.6. The predicted octanol–water partition coefficient (Wildman–Crippen LogP) is 4.62. The molecule has 1 aromatic carbocycles. The minimum Gasteiger partial charge on any atom is -0.493 e. The van der Waals surface area contributed by atoms with Crippen molar-refractivity contribution in [2.75, 3.05) is 6.61 Å². The number of alkyl halides is 3. The molecule has 0 spiro atoms. The summed E-state index contributed by atoms with van der Waals surface area (Å²) in [6, 6.07) is 3.77. The van der Waals surface area contributed by atoms with Gasteiger partial charge in [0.2, 0.25) is 0 Å². The maximum atomic E-state index is 12.7. The normalized spacial score (nSPS) is 16.1. The fourth-order valence-corrected chi connectivity index (χ4v) is 1.80. The molecule has 1 nitrogen and oxygen atoms in total. The van der Waals surface area contributed by atoms with Crippen LogP contribution in [0, 0.1) is 5.92 Å². The van der Waals surface area contributed by atoms with E-state index in [-0.39, 0.29) is 5.92 Å². The molecule has 1 aliphatic rings. The zero-order valence-corrected chi connectivity index (χ0v) is 10.6. The highest BCUT2D eigenvalue weighted by Gasteiger charge is 2.32. The first-order chi connectivity index (χ1) is 8.38. The van der Waals surface area contributed by atoms with E-state index in [2.05, 4.69) is 0 Å². The third-order valence-corrected chi connectivity index (χ3v) is 3.13. The van der Waals surface area contributed by atoms with Crippen LogP contribution in [-0.2, 0) is 6.18 Å². The van der Waals surface area contributed by atoms with E-state index < -0.39 is 11.7 Å². The van der Waals surface area contributed by atoms with Crippen molar-refractivity contribution >= 4 is 0 Å². The van der Waals surface area contributed by atoms with Gasteiger partial charge in [0, 0.05) is 0 Å². The van der Waals surface area contributed by atoms with E-state index in [9.17, 15) is 13.2 Å². The van der Waals surface area contributed by atoms with Gasteiger partial charge < -0.3 is 4.74 Å². The van der Waals surface area contributed by atoms with Crippen LogP contribution in [0.25, 0.3) is 0 Å². The number of hydrogen-bond acceptors (Lipinski definition) is 1. The summed E-state index contributed by atoms with van der Waals surface area (Å²) in [7, 11) is 0. The molecule has 0 heterocycles. The van der Waals surface area contributed by atoms with Crippen LogP contribution in [0.5, 0.6) is 5.75 Å². The zero-order chi connectivity index (χ0) is 13.3. The van der Waals surface area contributed by atoms with Crippen LogP contribution >= 0.6 is 0 Å². The number of ether oxygens (including phenoxy) is 1. The van der Waals surface area contributed by atoms with E-state index in [0.29, 0.717) is 18.3 Å². The summed E-state index contributed by atoms with van der Waals surface area (Å²) < 4.78 is 43.5. The van der Waals surface area contributed by atoms with Gasteiger partial charge in [0.1, 0.15) is 5.75 Å². The van der Waals surface area contributed by atoms with Crippen LogP contribution in [-0.4, -0.2) is 6.61 Å². The van der Waals surface area contributed by atoms with Crippen LogP contribution in [0.3, 0.4) is 0 Å². The fourth-order valence-electron chi connectivity index (χ4n) is 1.80. The molecule has 0 bridgehead atoms. The van der Waals surface area contributed by atoms with Gasteiger partial charge in [-0.05, 0) is 42.4 Å². The van der Waals surface area contributed by atoms with Crippen molar-refractivity contribution in [3.8, 4) is 5.75 Å². The molecule has 0 radical (unpaired) electrons. The molecular formula is C14H17F3O. The first-order valence-corrected chi connectivity index (χ1v) is 6.22. The minimum absolute atomic E-state index is 0.154. The predicted molar refractivity (Wildman–Crippen MR) is 63.8 cm³/mol. The number of hydrogen-bond donors (Lipinski definition) is 0. The molecule has 0 atom stereocenters. The molecule has 18 heavy (non-hydrogen) atoms. The van der Waals surface area contributed by atoms with E-state index >= 15 is 0 Å². The van der Waals surface area contributed by atoms with Crippen LogP contribution in [0.1, 0.15) is 43.7 Å². The summed E-state index contributed by atoms with van der Waals surface area (Å²) in [5.41, 5.74) is 0.196. The molecule has 0 saturated heterocycles. The Labute approximate surface area is 105 Å². The molecular weight excluding hydrogens is 241 g/mol. The Morgan fingerprint density at radius 3 is 2.44 bits per heavy atom. The molecule has 0 N–H and O–H groups in total. The van der Waals surface area contributed by atoms with Gasteiger partial charge in [-0.25, -0.2) is 0 Å². The van der Waals surface area contributed by atoms with Crippen molar-refractivity contribution in [2.45, 2.75) is 38.8 Å². The summed E-state index contributed by atoms with van der Waals surface area (Å²) in [6.45, 7) is 4.43. The summed E-state index contributed by atoms with van der Waals surface area (Å²) in [5.74, 6) is 1.06. The van der Waals surface area contributed by atoms with Gasteiger partial charge in [-0.1, -0.05) is 19.9 Å². The van der Waals surface area contributed by atoms with Crippen molar-refractivity contribution in [1.82, 2.24) is 0 Å². The minimum atomic E-state index is -4.31. The van der Waals surface area contributed by atoms with E-state index in [1.165, 1.54) is 6.07 Å². The molecule has 0 amide bonds. The van der Waals surface area contributed by atoms with Gasteiger partial charge in [0.05, 0.1) is 12.2 Å². The van der Waals surface area contributed by atoms with Gasteiger partial charge in [-0.2, -0.15) is 13.2 Å². The average molecular weight is 258 g/mol. The van der Waals surface area contributed by atoms with Crippen LogP contribution in [0.15, 0.2) is 18.2 Å². The van der Waals surface area contributed by atoms with Crippen molar-refractivity contribution in [2.24, 2.45) is 5.92 Å². The number of halogens is 3. The Kier molecular flexibility index (Phi) is 3.55. The molecule has 1 aliphatic carbocycles. The number of rotatable bonds is 4. The molecule has 1 aromatic rings. The lowest BCUT2D eigenvalue weighted by Crippen LogP contribution is -2.08. The highest BCUT2D eigenvalue weighted by atomic mass is 19.4. The van der Waals surface area contributed by atoms with Gasteiger partial charge in [0.15, 0.2) is 0 Å². The standard InChI is InChI=1S/C14H17F3O/c1-9(2)12-6-5-11(14(15,16)17)7-13(12)18-8-10-3-4-10/h5-7,9-10H,3-4,8H2,1-2H3. The molecule has 1 fully saturated rings. The Bertz CT molecular complexity index is 420. The highest BCUT2D eigenvalue weighted by molar-refractivity contribution is 5.40. The summed E-state index contributed by atoms with van der Waals surface area (Å²) in [6.07, 6.45) is -2.07. The molecule has 0 aromatic heterocycles. The van der Waals surface area contributed by atoms with Gasteiger partial charge in [0.25, 0.3) is 0 Å². The van der Waals surface area contributed by atoms with E-state index in [1.807, 2.05) is 13.8 Å². The third-order valence-electron chi connectivity index (χ3n) is 3.13. The summed E-state index contributed by atoms with van der Waals surface area (Å²) in [4.78, 5) is 0. The van der Waals surface area contributed by atoms with Crippen molar-refractivity contribution < 1.29 is 17.9 Å². The molecule has 2 rings (SSSR count). The first-order valence-electron chi connectivity index (χ1n) is 6.22. The molecule has 100 valence electrons. The Morgan fingerprint density at radius 2 is 1.94 bits per heavy atom. The van der Waals surface area contributed by atoms with Crippen molar-refractivity contribution in [3.63, 3.8) is 0 Å². The smallest absolute Gasteiger partial charge is 0.416 e.